The standard InChI is InChI=1S/C18H22F2N4O3S3/c1-2-11-30(26,27)24-10-6-9-14(24)15(25)23(12-13-7-4-3-5-8-13)17-21-22-18(29-17)28-16(19)20/h3-5,7-8,14,16H,2,6,9-12H2,1H3. The number of halogens is 2. The number of anilines is 1. The van der Waals surface area contributed by atoms with Gasteiger partial charge in [0.05, 0.1) is 12.3 Å². The fourth-order valence-electron chi connectivity index (χ4n) is 3.32. The van der Waals surface area contributed by atoms with Gasteiger partial charge in [-0.1, -0.05) is 48.6 Å². The summed E-state index contributed by atoms with van der Waals surface area (Å²) < 4.78 is 52.0. The smallest absolute Gasteiger partial charge is 0.281 e. The lowest BCUT2D eigenvalue weighted by atomic mass is 10.1. The minimum absolute atomic E-state index is 0.0244. The predicted molar refractivity (Wildman–Crippen MR) is 113 cm³/mol. The Kier molecular flexibility index (Phi) is 7.77. The largest absolute Gasteiger partial charge is 0.291 e. The van der Waals surface area contributed by atoms with Crippen LogP contribution in [0.4, 0.5) is 13.9 Å². The first kappa shape index (κ1) is 23.0. The summed E-state index contributed by atoms with van der Waals surface area (Å²) in [5.41, 5.74) is 0.810. The molecule has 7 nitrogen and oxygen atoms in total. The average molecular weight is 477 g/mol. The van der Waals surface area contributed by atoms with Crippen LogP contribution in [0.2, 0.25) is 0 Å². The van der Waals surface area contributed by atoms with Gasteiger partial charge in [-0.2, -0.15) is 13.1 Å². The van der Waals surface area contributed by atoms with Crippen LogP contribution < -0.4 is 4.90 Å². The third-order valence-corrected chi connectivity index (χ3v) is 8.39. The van der Waals surface area contributed by atoms with Crippen molar-refractivity contribution in [1.29, 1.82) is 0 Å². The molecule has 0 N–H and O–H groups in total. The van der Waals surface area contributed by atoms with E-state index in [1.54, 1.807) is 6.92 Å². The summed E-state index contributed by atoms with van der Waals surface area (Å²) >= 11 is 1.16. The van der Waals surface area contributed by atoms with E-state index in [0.29, 0.717) is 25.8 Å². The fourth-order valence-corrected chi connectivity index (χ4v) is 6.52. The summed E-state index contributed by atoms with van der Waals surface area (Å²) in [6, 6.07) is 8.31. The summed E-state index contributed by atoms with van der Waals surface area (Å²) in [5, 5.41) is 7.86. The molecule has 1 aliphatic heterocycles. The number of amides is 1. The molecule has 1 aromatic heterocycles. The first-order valence-electron chi connectivity index (χ1n) is 9.45. The summed E-state index contributed by atoms with van der Waals surface area (Å²) in [6.45, 7) is 2.21. The third-order valence-electron chi connectivity index (χ3n) is 4.57. The van der Waals surface area contributed by atoms with Gasteiger partial charge < -0.3 is 0 Å². The number of sulfonamides is 1. The van der Waals surface area contributed by atoms with Gasteiger partial charge in [0.25, 0.3) is 5.76 Å². The molecule has 1 saturated heterocycles. The molecule has 164 valence electrons. The third kappa shape index (κ3) is 5.54. The molecular weight excluding hydrogens is 454 g/mol. The van der Waals surface area contributed by atoms with Crippen LogP contribution in [0.3, 0.4) is 0 Å². The topological polar surface area (TPSA) is 83.5 Å². The van der Waals surface area contributed by atoms with E-state index >= 15 is 0 Å². The molecular formula is C18H22F2N4O3S3. The van der Waals surface area contributed by atoms with Gasteiger partial charge in [-0.3, -0.25) is 9.69 Å². The molecule has 1 unspecified atom stereocenters. The van der Waals surface area contributed by atoms with E-state index in [2.05, 4.69) is 10.2 Å². The van der Waals surface area contributed by atoms with Crippen LogP contribution in [-0.4, -0.2) is 52.9 Å². The Morgan fingerprint density at radius 3 is 2.73 bits per heavy atom. The molecule has 1 aliphatic rings. The Morgan fingerprint density at radius 1 is 1.33 bits per heavy atom. The highest BCUT2D eigenvalue weighted by Crippen LogP contribution is 2.34. The Balaban J connectivity index is 1.91. The highest BCUT2D eigenvalue weighted by molar-refractivity contribution is 8.01. The number of aromatic nitrogens is 2. The first-order valence-corrected chi connectivity index (χ1v) is 12.8. The molecule has 1 atom stereocenters. The fraction of sp³-hybridized carbons (Fsp3) is 0.500. The van der Waals surface area contributed by atoms with Crippen molar-refractivity contribution in [2.24, 2.45) is 0 Å². The SMILES string of the molecule is CCCS(=O)(=O)N1CCCC1C(=O)N(Cc1ccccc1)c1nnc(SC(F)F)s1. The molecule has 1 amide bonds. The van der Waals surface area contributed by atoms with Crippen molar-refractivity contribution >= 4 is 44.2 Å². The summed E-state index contributed by atoms with van der Waals surface area (Å²) in [5.74, 6) is -3.09. The maximum atomic E-state index is 13.4. The maximum absolute atomic E-state index is 13.4. The average Bonchev–Trinajstić information content (AvgIpc) is 3.36. The normalized spacial score (nSPS) is 17.5. The number of hydrogen-bond acceptors (Lipinski definition) is 7. The molecule has 2 heterocycles. The minimum Gasteiger partial charge on any atom is -0.281 e. The van der Waals surface area contributed by atoms with E-state index in [0.717, 1.165) is 16.9 Å². The lowest BCUT2D eigenvalue weighted by Crippen LogP contribution is -2.48. The lowest BCUT2D eigenvalue weighted by molar-refractivity contribution is -0.121. The molecule has 0 saturated carbocycles. The number of benzene rings is 1. The molecule has 1 fully saturated rings. The predicted octanol–water partition coefficient (Wildman–Crippen LogP) is 3.59. The quantitative estimate of drug-likeness (QED) is 0.406. The molecule has 3 rings (SSSR count). The van der Waals surface area contributed by atoms with Gasteiger partial charge in [0, 0.05) is 6.54 Å². The Bertz CT molecular complexity index is 957. The van der Waals surface area contributed by atoms with Crippen LogP contribution in [0.1, 0.15) is 31.7 Å². The van der Waals surface area contributed by atoms with Gasteiger partial charge in [-0.05, 0) is 36.6 Å². The summed E-state index contributed by atoms with van der Waals surface area (Å²) in [7, 11) is -3.55. The van der Waals surface area contributed by atoms with Crippen LogP contribution in [0.5, 0.6) is 0 Å². The first-order chi connectivity index (χ1) is 14.3. The van der Waals surface area contributed by atoms with Crippen LogP contribution in [0.25, 0.3) is 0 Å². The molecule has 1 aromatic carbocycles. The monoisotopic (exact) mass is 476 g/mol. The van der Waals surface area contributed by atoms with Gasteiger partial charge in [-0.15, -0.1) is 10.2 Å². The zero-order valence-electron chi connectivity index (χ0n) is 16.3. The molecule has 0 bridgehead atoms. The van der Waals surface area contributed by atoms with Gasteiger partial charge in [0.1, 0.15) is 6.04 Å². The van der Waals surface area contributed by atoms with E-state index in [1.165, 1.54) is 9.21 Å². The lowest BCUT2D eigenvalue weighted by Gasteiger charge is -2.28. The Hall–Kier alpha value is -1.63. The minimum atomic E-state index is -3.55. The van der Waals surface area contributed by atoms with Crippen molar-refractivity contribution in [2.75, 3.05) is 17.2 Å². The molecule has 0 spiro atoms. The second-order valence-corrected chi connectivity index (χ2v) is 11.0. The van der Waals surface area contributed by atoms with Crippen molar-refractivity contribution in [2.45, 2.75) is 48.9 Å². The van der Waals surface area contributed by atoms with Gasteiger partial charge in [-0.25, -0.2) is 8.42 Å². The van der Waals surface area contributed by atoms with Crippen molar-refractivity contribution < 1.29 is 22.0 Å². The highest BCUT2D eigenvalue weighted by Gasteiger charge is 2.41. The van der Waals surface area contributed by atoms with Crippen molar-refractivity contribution in [3.05, 3.63) is 35.9 Å². The number of carbonyl (C=O) groups excluding carboxylic acids is 1. The van der Waals surface area contributed by atoms with E-state index in [1.807, 2.05) is 30.3 Å². The number of rotatable bonds is 9. The molecule has 12 heteroatoms. The van der Waals surface area contributed by atoms with Crippen LogP contribution in [0, 0.1) is 0 Å². The van der Waals surface area contributed by atoms with E-state index in [9.17, 15) is 22.0 Å². The van der Waals surface area contributed by atoms with Crippen LogP contribution >= 0.6 is 23.1 Å². The zero-order chi connectivity index (χ0) is 21.7. The Morgan fingerprint density at radius 2 is 2.07 bits per heavy atom. The van der Waals surface area contributed by atoms with Crippen molar-refractivity contribution in [3.63, 3.8) is 0 Å². The van der Waals surface area contributed by atoms with Crippen LogP contribution in [-0.2, 0) is 21.4 Å². The second-order valence-electron chi connectivity index (χ2n) is 6.72. The number of carbonyl (C=O) groups is 1. The highest BCUT2D eigenvalue weighted by atomic mass is 32.2. The zero-order valence-corrected chi connectivity index (χ0v) is 18.7. The van der Waals surface area contributed by atoms with Gasteiger partial charge >= 0.3 is 0 Å². The summed E-state index contributed by atoms with van der Waals surface area (Å²) in [6.07, 6.45) is 1.45. The second kappa shape index (κ2) is 10.1. The van der Waals surface area contributed by atoms with E-state index in [-0.39, 0.29) is 33.5 Å². The van der Waals surface area contributed by atoms with E-state index in [4.69, 9.17) is 0 Å². The van der Waals surface area contributed by atoms with Crippen LogP contribution in [0.15, 0.2) is 34.7 Å². The molecule has 0 aliphatic carbocycles. The summed E-state index contributed by atoms with van der Waals surface area (Å²) in [4.78, 5) is 14.8. The maximum Gasteiger partial charge on any atom is 0.291 e. The number of thioether (sulfide) groups is 1. The Labute approximate surface area is 182 Å². The number of nitrogens with zero attached hydrogens (tertiary/aromatic N) is 4. The molecule has 2 aromatic rings. The van der Waals surface area contributed by atoms with Gasteiger partial charge in [0.2, 0.25) is 21.1 Å². The number of alkyl halides is 2. The van der Waals surface area contributed by atoms with Gasteiger partial charge in [0.15, 0.2) is 4.34 Å². The van der Waals surface area contributed by atoms with Crippen molar-refractivity contribution in [3.8, 4) is 0 Å². The molecule has 30 heavy (non-hydrogen) atoms. The number of hydrogen-bond donors (Lipinski definition) is 0. The van der Waals surface area contributed by atoms with E-state index < -0.39 is 27.7 Å². The molecule has 0 radical (unpaired) electrons. The van der Waals surface area contributed by atoms with Crippen molar-refractivity contribution in [1.82, 2.24) is 14.5 Å².